The van der Waals surface area contributed by atoms with Crippen molar-refractivity contribution in [2.24, 2.45) is 17.9 Å². The molecule has 1 aliphatic heterocycles. The number of hydrogen-bond acceptors (Lipinski definition) is 7. The quantitative estimate of drug-likeness (QED) is 0.319. The molecule has 2 amide bonds. The van der Waals surface area contributed by atoms with Gasteiger partial charge in [-0.25, -0.2) is 5.43 Å². The van der Waals surface area contributed by atoms with Crippen molar-refractivity contribution in [2.75, 3.05) is 31.3 Å². The Balaban J connectivity index is 1.72. The van der Waals surface area contributed by atoms with Gasteiger partial charge in [-0.1, -0.05) is 24.3 Å². The van der Waals surface area contributed by atoms with Gasteiger partial charge in [0.1, 0.15) is 5.71 Å². The molecule has 0 radical (unpaired) electrons. The number of nitrogens with one attached hydrogen (secondary N) is 4. The Morgan fingerprint density at radius 3 is 2.43 bits per heavy atom. The Hall–Kier alpha value is -4.70. The molecule has 0 fully saturated rings. The van der Waals surface area contributed by atoms with E-state index in [0.29, 0.717) is 23.6 Å². The van der Waals surface area contributed by atoms with Crippen LogP contribution in [0, 0.1) is 12.3 Å². The lowest BCUT2D eigenvalue weighted by atomic mass is 10.0. The highest BCUT2D eigenvalue weighted by atomic mass is 16.2. The van der Waals surface area contributed by atoms with E-state index in [2.05, 4.69) is 21.2 Å². The lowest BCUT2D eigenvalue weighted by molar-refractivity contribution is -0.115. The number of carbonyl (C=O) groups excluding carboxylic acids is 2. The van der Waals surface area contributed by atoms with Crippen molar-refractivity contribution in [3.05, 3.63) is 77.5 Å². The molecule has 0 unspecified atom stereocenters. The average molecular weight is 499 g/mol. The van der Waals surface area contributed by atoms with Crippen LogP contribution in [0.15, 0.2) is 71.4 Å². The first-order valence-electron chi connectivity index (χ1n) is 11.7. The van der Waals surface area contributed by atoms with E-state index in [1.54, 1.807) is 30.3 Å². The summed E-state index contributed by atoms with van der Waals surface area (Å²) < 4.78 is 2.00. The predicted octanol–water partition coefficient (Wildman–Crippen LogP) is 2.79. The van der Waals surface area contributed by atoms with Gasteiger partial charge in [-0.05, 0) is 56.9 Å². The van der Waals surface area contributed by atoms with Gasteiger partial charge in [-0.3, -0.25) is 15.0 Å². The molecular weight excluding hydrogens is 468 g/mol. The van der Waals surface area contributed by atoms with Crippen molar-refractivity contribution in [3.8, 4) is 0 Å². The summed E-state index contributed by atoms with van der Waals surface area (Å²) in [6, 6.07) is 15.1. The van der Waals surface area contributed by atoms with Crippen molar-refractivity contribution in [3.63, 3.8) is 0 Å². The molecule has 0 aliphatic carbocycles. The number of carbonyl (C=O) groups is 2. The van der Waals surface area contributed by atoms with Crippen molar-refractivity contribution in [2.45, 2.75) is 6.92 Å². The van der Waals surface area contributed by atoms with Gasteiger partial charge in [0.15, 0.2) is 5.84 Å². The zero-order valence-electron chi connectivity index (χ0n) is 21.2. The van der Waals surface area contributed by atoms with Crippen LogP contribution in [0.1, 0.15) is 11.3 Å². The van der Waals surface area contributed by atoms with Crippen molar-refractivity contribution >= 4 is 51.3 Å². The highest BCUT2D eigenvalue weighted by Gasteiger charge is 2.29. The largest absolute Gasteiger partial charge is 0.382 e. The second-order valence-corrected chi connectivity index (χ2v) is 8.97. The number of para-hydroxylation sites is 1. The maximum absolute atomic E-state index is 12.3. The van der Waals surface area contributed by atoms with Crippen LogP contribution in [-0.4, -0.2) is 53.5 Å². The van der Waals surface area contributed by atoms with Crippen LogP contribution >= 0.6 is 0 Å². The van der Waals surface area contributed by atoms with Gasteiger partial charge in [0.25, 0.3) is 5.91 Å². The van der Waals surface area contributed by atoms with E-state index in [-0.39, 0.29) is 23.0 Å². The Morgan fingerprint density at radius 1 is 1.14 bits per heavy atom. The molecule has 190 valence electrons. The molecule has 2 aromatic carbocycles. The van der Waals surface area contributed by atoms with Crippen LogP contribution in [0.25, 0.3) is 16.6 Å². The Morgan fingerprint density at radius 2 is 1.78 bits per heavy atom. The monoisotopic (exact) mass is 498 g/mol. The first-order valence-corrected chi connectivity index (χ1v) is 11.7. The molecule has 37 heavy (non-hydrogen) atoms. The second kappa shape index (κ2) is 10.5. The molecule has 10 nitrogen and oxygen atoms in total. The fourth-order valence-electron chi connectivity index (χ4n) is 4.23. The van der Waals surface area contributed by atoms with E-state index in [1.165, 1.54) is 6.08 Å². The van der Waals surface area contributed by atoms with E-state index in [0.717, 1.165) is 22.2 Å². The molecule has 3 aromatic rings. The van der Waals surface area contributed by atoms with Gasteiger partial charge in [0, 0.05) is 41.9 Å². The molecule has 6 N–H and O–H groups in total. The number of amidine groups is 1. The Bertz CT molecular complexity index is 1440. The van der Waals surface area contributed by atoms with E-state index < -0.39 is 5.91 Å². The zero-order chi connectivity index (χ0) is 26.7. The van der Waals surface area contributed by atoms with Crippen LogP contribution in [0.2, 0.25) is 0 Å². The number of nitrogens with two attached hydrogens (primary N) is 1. The van der Waals surface area contributed by atoms with Crippen LogP contribution in [0.5, 0.6) is 0 Å². The third kappa shape index (κ3) is 5.29. The van der Waals surface area contributed by atoms with Crippen molar-refractivity contribution < 1.29 is 9.59 Å². The molecule has 2 heterocycles. The van der Waals surface area contributed by atoms with Crippen LogP contribution in [0.4, 0.5) is 11.4 Å². The number of hydrogen-bond donors (Lipinski definition) is 5. The summed E-state index contributed by atoms with van der Waals surface area (Å²) in [6.45, 7) is 2.66. The standard InChI is InChI=1S/C27H30N8O2/c1-16-19-8-5-6-9-20(19)35(4)25(16)24(22-23(28)27(37)33-32-26(22)29)31-18-13-11-17(12-14-18)30-21(36)10-7-15-34(2)3/h5-14,28,31H,15H2,1-4H3,(H2,29,32)(H,30,36)(H,33,37)/b10-7+,24-22+,28-23?. The van der Waals surface area contributed by atoms with E-state index in [9.17, 15) is 9.59 Å². The number of hydrazone groups is 1. The van der Waals surface area contributed by atoms with E-state index in [1.807, 2.05) is 61.8 Å². The van der Waals surface area contributed by atoms with Crippen molar-refractivity contribution in [1.29, 1.82) is 5.41 Å². The fourth-order valence-corrected chi connectivity index (χ4v) is 4.23. The highest BCUT2D eigenvalue weighted by molar-refractivity contribution is 6.53. The number of likely N-dealkylation sites (N-methyl/N-ethyl adjacent to an activating group) is 1. The SMILES string of the molecule is Cc1c(/C(Nc2ccc(NC(=O)/C=C/CN(C)C)cc2)=C2/C(=N)C(=O)NN=C2N)n(C)c2ccccc12. The molecule has 0 saturated heterocycles. The smallest absolute Gasteiger partial charge is 0.290 e. The summed E-state index contributed by atoms with van der Waals surface area (Å²) in [5, 5.41) is 19.6. The van der Waals surface area contributed by atoms with Gasteiger partial charge in [-0.15, -0.1) is 0 Å². The summed E-state index contributed by atoms with van der Waals surface area (Å²) >= 11 is 0. The third-order valence-electron chi connectivity index (χ3n) is 6.02. The summed E-state index contributed by atoms with van der Waals surface area (Å²) in [7, 11) is 5.78. The first kappa shape index (κ1) is 25.4. The average Bonchev–Trinajstić information content (AvgIpc) is 3.12. The lowest BCUT2D eigenvalue weighted by Gasteiger charge is -2.21. The summed E-state index contributed by atoms with van der Waals surface area (Å²) in [6.07, 6.45) is 3.29. The summed E-state index contributed by atoms with van der Waals surface area (Å²) in [5.74, 6) is -0.826. The number of amides is 2. The van der Waals surface area contributed by atoms with Gasteiger partial charge in [-0.2, -0.15) is 5.10 Å². The predicted molar refractivity (Wildman–Crippen MR) is 148 cm³/mol. The van der Waals surface area contributed by atoms with Gasteiger partial charge in [0.2, 0.25) is 5.91 Å². The Labute approximate surface area is 215 Å². The summed E-state index contributed by atoms with van der Waals surface area (Å²) in [4.78, 5) is 26.5. The minimum atomic E-state index is -0.639. The molecule has 0 atom stereocenters. The molecular formula is C27H30N8O2. The number of nitrogens with zero attached hydrogens (tertiary/aromatic N) is 3. The lowest BCUT2D eigenvalue weighted by Crippen LogP contribution is -2.41. The number of rotatable bonds is 7. The van der Waals surface area contributed by atoms with Crippen LogP contribution in [-0.2, 0) is 16.6 Å². The van der Waals surface area contributed by atoms with Gasteiger partial charge in [0.05, 0.1) is 17.0 Å². The molecule has 0 bridgehead atoms. The maximum atomic E-state index is 12.3. The number of fused-ring (bicyclic) bond motifs is 1. The number of aryl methyl sites for hydroxylation is 2. The van der Waals surface area contributed by atoms with E-state index in [4.69, 9.17) is 11.1 Å². The Kier molecular flexibility index (Phi) is 7.21. The first-order chi connectivity index (χ1) is 17.7. The number of benzene rings is 2. The van der Waals surface area contributed by atoms with Gasteiger partial charge >= 0.3 is 0 Å². The van der Waals surface area contributed by atoms with Crippen LogP contribution < -0.4 is 21.8 Å². The zero-order valence-corrected chi connectivity index (χ0v) is 21.2. The minimum absolute atomic E-state index is 0.0325. The number of anilines is 2. The normalized spacial score (nSPS) is 15.2. The molecule has 4 rings (SSSR count). The van der Waals surface area contributed by atoms with Crippen molar-refractivity contribution in [1.82, 2.24) is 14.9 Å². The minimum Gasteiger partial charge on any atom is -0.382 e. The molecule has 1 aromatic heterocycles. The molecule has 0 spiro atoms. The molecule has 10 heteroatoms. The number of aromatic nitrogens is 1. The molecule has 1 aliphatic rings. The van der Waals surface area contributed by atoms with Crippen LogP contribution in [0.3, 0.4) is 0 Å². The van der Waals surface area contributed by atoms with E-state index >= 15 is 0 Å². The van der Waals surface area contributed by atoms with Gasteiger partial charge < -0.3 is 25.8 Å². The third-order valence-corrected chi connectivity index (χ3v) is 6.02. The summed E-state index contributed by atoms with van der Waals surface area (Å²) in [5.41, 5.74) is 12.9. The highest BCUT2D eigenvalue weighted by Crippen LogP contribution is 2.33. The maximum Gasteiger partial charge on any atom is 0.290 e. The molecule has 0 saturated carbocycles. The fraction of sp³-hybridized carbons (Fsp3) is 0.185. The topological polar surface area (TPSA) is 141 Å². The second-order valence-electron chi connectivity index (χ2n) is 8.97.